The van der Waals surface area contributed by atoms with Gasteiger partial charge < -0.3 is 10.5 Å². The van der Waals surface area contributed by atoms with Crippen LogP contribution < -0.4 is 5.73 Å². The zero-order valence-corrected chi connectivity index (χ0v) is 8.89. The summed E-state index contributed by atoms with van der Waals surface area (Å²) in [7, 11) is 0. The lowest BCUT2D eigenvalue weighted by Crippen LogP contribution is -2.09. The van der Waals surface area contributed by atoms with Gasteiger partial charge in [-0.25, -0.2) is 9.78 Å². The largest absolute Gasteiger partial charge is 0.462 e. The number of carbonyl (C=O) groups is 1. The van der Waals surface area contributed by atoms with Crippen molar-refractivity contribution in [3.63, 3.8) is 0 Å². The standard InChI is InChI=1S/C8H8Cl2N2O2/c1-2-14-8(13)5-4(11)3-12-7(10)6(5)9/h3H,2,11H2,1H3. The molecule has 0 amide bonds. The summed E-state index contributed by atoms with van der Waals surface area (Å²) in [6, 6.07) is 0. The fourth-order valence-electron chi connectivity index (χ4n) is 0.888. The molecule has 0 aliphatic carbocycles. The van der Waals surface area contributed by atoms with Crippen molar-refractivity contribution in [2.75, 3.05) is 12.3 Å². The van der Waals surface area contributed by atoms with E-state index in [2.05, 4.69) is 4.98 Å². The van der Waals surface area contributed by atoms with Crippen LogP contribution >= 0.6 is 23.2 Å². The number of nitrogens with two attached hydrogens (primary N) is 1. The van der Waals surface area contributed by atoms with Crippen LogP contribution in [0.15, 0.2) is 6.20 Å². The Kier molecular flexibility index (Phi) is 3.55. The quantitative estimate of drug-likeness (QED) is 0.630. The predicted octanol–water partition coefficient (Wildman–Crippen LogP) is 2.15. The number of nitrogens with zero attached hydrogens (tertiary/aromatic N) is 1. The molecule has 0 atom stereocenters. The molecule has 14 heavy (non-hydrogen) atoms. The van der Waals surface area contributed by atoms with Gasteiger partial charge in [0.2, 0.25) is 0 Å². The molecule has 76 valence electrons. The van der Waals surface area contributed by atoms with E-state index in [1.54, 1.807) is 6.92 Å². The van der Waals surface area contributed by atoms with Gasteiger partial charge in [0.1, 0.15) is 10.7 Å². The van der Waals surface area contributed by atoms with Gasteiger partial charge in [-0.05, 0) is 6.92 Å². The molecule has 6 heteroatoms. The summed E-state index contributed by atoms with van der Waals surface area (Å²) >= 11 is 11.4. The summed E-state index contributed by atoms with van der Waals surface area (Å²) < 4.78 is 4.75. The van der Waals surface area contributed by atoms with Crippen LogP contribution in [-0.4, -0.2) is 17.6 Å². The van der Waals surface area contributed by atoms with Crippen molar-refractivity contribution < 1.29 is 9.53 Å². The predicted molar refractivity (Wildman–Crippen MR) is 54.6 cm³/mol. The molecule has 1 aromatic heterocycles. The van der Waals surface area contributed by atoms with Crippen LogP contribution in [0.25, 0.3) is 0 Å². The van der Waals surface area contributed by atoms with Gasteiger partial charge in [-0.15, -0.1) is 0 Å². The molecule has 1 heterocycles. The fraction of sp³-hybridized carbons (Fsp3) is 0.250. The van der Waals surface area contributed by atoms with Crippen LogP contribution in [-0.2, 0) is 4.74 Å². The summed E-state index contributed by atoms with van der Waals surface area (Å²) in [6.07, 6.45) is 1.26. The first kappa shape index (κ1) is 11.1. The Morgan fingerprint density at radius 3 is 2.86 bits per heavy atom. The van der Waals surface area contributed by atoms with E-state index in [0.717, 1.165) is 0 Å². The summed E-state index contributed by atoms with van der Waals surface area (Å²) in [4.78, 5) is 15.0. The minimum absolute atomic E-state index is 0.0186. The molecular formula is C8H8Cl2N2O2. The maximum atomic E-state index is 11.4. The maximum absolute atomic E-state index is 11.4. The smallest absolute Gasteiger partial charge is 0.341 e. The third-order valence-corrected chi connectivity index (χ3v) is 2.24. The van der Waals surface area contributed by atoms with Crippen LogP contribution in [0.1, 0.15) is 17.3 Å². The highest BCUT2D eigenvalue weighted by atomic mass is 35.5. The lowest BCUT2D eigenvalue weighted by atomic mass is 10.2. The SMILES string of the molecule is CCOC(=O)c1c(N)cnc(Cl)c1Cl. The number of hydrogen-bond donors (Lipinski definition) is 1. The summed E-state index contributed by atoms with van der Waals surface area (Å²) in [5, 5.41) is 0.0500. The lowest BCUT2D eigenvalue weighted by Gasteiger charge is -2.07. The number of carbonyl (C=O) groups excluding carboxylic acids is 1. The monoisotopic (exact) mass is 234 g/mol. The first-order valence-electron chi connectivity index (χ1n) is 3.84. The molecule has 0 radical (unpaired) electrons. The van der Waals surface area contributed by atoms with Gasteiger partial charge in [-0.1, -0.05) is 23.2 Å². The number of nitrogen functional groups attached to an aromatic ring is 1. The van der Waals surface area contributed by atoms with Crippen molar-refractivity contribution >= 4 is 34.9 Å². The van der Waals surface area contributed by atoms with Gasteiger partial charge in [-0.3, -0.25) is 0 Å². The van der Waals surface area contributed by atoms with Crippen molar-refractivity contribution in [2.45, 2.75) is 6.92 Å². The van der Waals surface area contributed by atoms with E-state index in [1.165, 1.54) is 6.20 Å². The second-order valence-corrected chi connectivity index (χ2v) is 3.15. The Morgan fingerprint density at radius 2 is 2.29 bits per heavy atom. The Morgan fingerprint density at radius 1 is 1.64 bits per heavy atom. The average molecular weight is 235 g/mol. The molecule has 4 nitrogen and oxygen atoms in total. The average Bonchev–Trinajstić information content (AvgIpc) is 2.13. The number of anilines is 1. The molecule has 0 saturated carbocycles. The first-order chi connectivity index (χ1) is 6.57. The molecule has 0 fully saturated rings. The van der Waals surface area contributed by atoms with E-state index in [4.69, 9.17) is 33.7 Å². The highest BCUT2D eigenvalue weighted by Crippen LogP contribution is 2.28. The number of aromatic nitrogens is 1. The molecule has 0 aliphatic rings. The van der Waals surface area contributed by atoms with Gasteiger partial charge >= 0.3 is 5.97 Å². The van der Waals surface area contributed by atoms with Crippen LogP contribution in [0.4, 0.5) is 5.69 Å². The summed E-state index contributed by atoms with van der Waals surface area (Å²) in [5.74, 6) is -0.598. The number of pyridine rings is 1. The molecule has 0 unspecified atom stereocenters. The molecule has 1 rings (SSSR count). The van der Waals surface area contributed by atoms with Crippen LogP contribution in [0.3, 0.4) is 0 Å². The van der Waals surface area contributed by atoms with Crippen molar-refractivity contribution in [2.24, 2.45) is 0 Å². The molecule has 0 saturated heterocycles. The molecule has 2 N–H and O–H groups in total. The minimum atomic E-state index is -0.598. The number of rotatable bonds is 2. The second-order valence-electron chi connectivity index (χ2n) is 2.41. The highest BCUT2D eigenvalue weighted by Gasteiger charge is 2.18. The third-order valence-electron chi connectivity index (χ3n) is 1.49. The van der Waals surface area contributed by atoms with Gasteiger partial charge in [0.25, 0.3) is 0 Å². The Balaban J connectivity index is 3.18. The normalized spacial score (nSPS) is 9.93. The van der Waals surface area contributed by atoms with E-state index in [-0.39, 0.29) is 28.0 Å². The molecule has 0 spiro atoms. The summed E-state index contributed by atoms with van der Waals surface area (Å²) in [6.45, 7) is 1.93. The van der Waals surface area contributed by atoms with E-state index in [1.807, 2.05) is 0 Å². The fourth-order valence-corrected chi connectivity index (χ4v) is 1.27. The minimum Gasteiger partial charge on any atom is -0.462 e. The van der Waals surface area contributed by atoms with Gasteiger partial charge in [0, 0.05) is 0 Å². The molecule has 0 aromatic carbocycles. The zero-order valence-electron chi connectivity index (χ0n) is 7.38. The van der Waals surface area contributed by atoms with E-state index < -0.39 is 5.97 Å². The number of halogens is 2. The van der Waals surface area contributed by atoms with Crippen LogP contribution in [0.2, 0.25) is 10.2 Å². The Labute approximate surface area is 91.0 Å². The second kappa shape index (κ2) is 4.48. The van der Waals surface area contributed by atoms with Crippen molar-refractivity contribution in [1.29, 1.82) is 0 Å². The molecular weight excluding hydrogens is 227 g/mol. The van der Waals surface area contributed by atoms with Crippen molar-refractivity contribution in [3.8, 4) is 0 Å². The van der Waals surface area contributed by atoms with E-state index in [9.17, 15) is 4.79 Å². The topological polar surface area (TPSA) is 65.2 Å². The van der Waals surface area contributed by atoms with Crippen molar-refractivity contribution in [1.82, 2.24) is 4.98 Å². The Hall–Kier alpha value is -1.00. The van der Waals surface area contributed by atoms with Crippen LogP contribution in [0, 0.1) is 0 Å². The highest BCUT2D eigenvalue weighted by molar-refractivity contribution is 6.43. The van der Waals surface area contributed by atoms with Gasteiger partial charge in [0.05, 0.1) is 23.5 Å². The zero-order chi connectivity index (χ0) is 10.7. The van der Waals surface area contributed by atoms with Gasteiger partial charge in [0.15, 0.2) is 0 Å². The molecule has 0 aliphatic heterocycles. The summed E-state index contributed by atoms with van der Waals surface area (Å²) in [5.41, 5.74) is 5.73. The third kappa shape index (κ3) is 2.08. The maximum Gasteiger partial charge on any atom is 0.341 e. The molecule has 0 bridgehead atoms. The van der Waals surface area contributed by atoms with Crippen LogP contribution in [0.5, 0.6) is 0 Å². The molecule has 1 aromatic rings. The van der Waals surface area contributed by atoms with Crippen molar-refractivity contribution in [3.05, 3.63) is 21.9 Å². The number of ether oxygens (including phenoxy) is 1. The Bertz CT molecular complexity index is 369. The van der Waals surface area contributed by atoms with Gasteiger partial charge in [-0.2, -0.15) is 0 Å². The van der Waals surface area contributed by atoms with E-state index in [0.29, 0.717) is 0 Å². The number of hydrogen-bond acceptors (Lipinski definition) is 4. The van der Waals surface area contributed by atoms with E-state index >= 15 is 0 Å². The number of esters is 1. The lowest BCUT2D eigenvalue weighted by molar-refractivity contribution is 0.0527. The first-order valence-corrected chi connectivity index (χ1v) is 4.60.